The standard InChI is InChI=1S/C17H18BrN/c18-15-12-17(13-8-4-3-5-9-13)19-16-11-7-2-1-6-10-14(15)16/h3-5,8-9,12H,1-2,6-7,10-11H2. The first kappa shape index (κ1) is 12.9. The van der Waals surface area contributed by atoms with Crippen LogP contribution in [0.5, 0.6) is 0 Å². The van der Waals surface area contributed by atoms with Crippen molar-refractivity contribution >= 4 is 15.9 Å². The number of rotatable bonds is 1. The van der Waals surface area contributed by atoms with Crippen LogP contribution in [0.3, 0.4) is 0 Å². The summed E-state index contributed by atoms with van der Waals surface area (Å²) in [5, 5.41) is 0. The molecule has 0 N–H and O–H groups in total. The van der Waals surface area contributed by atoms with Gasteiger partial charge < -0.3 is 0 Å². The van der Waals surface area contributed by atoms with Gasteiger partial charge in [-0.1, -0.05) is 59.1 Å². The summed E-state index contributed by atoms with van der Waals surface area (Å²) < 4.78 is 1.23. The molecule has 0 fully saturated rings. The highest BCUT2D eigenvalue weighted by atomic mass is 79.9. The van der Waals surface area contributed by atoms with Gasteiger partial charge in [0.2, 0.25) is 0 Å². The molecule has 1 heterocycles. The summed E-state index contributed by atoms with van der Waals surface area (Å²) in [5.74, 6) is 0. The van der Waals surface area contributed by atoms with E-state index < -0.39 is 0 Å². The Balaban J connectivity index is 2.04. The van der Waals surface area contributed by atoms with E-state index >= 15 is 0 Å². The Morgan fingerprint density at radius 3 is 2.42 bits per heavy atom. The van der Waals surface area contributed by atoms with E-state index in [1.165, 1.54) is 47.0 Å². The molecule has 3 rings (SSSR count). The van der Waals surface area contributed by atoms with Crippen LogP contribution in [-0.4, -0.2) is 4.98 Å². The van der Waals surface area contributed by atoms with Crippen molar-refractivity contribution in [1.82, 2.24) is 4.98 Å². The third-order valence-corrected chi connectivity index (χ3v) is 4.52. The van der Waals surface area contributed by atoms with E-state index in [2.05, 4.69) is 46.3 Å². The van der Waals surface area contributed by atoms with Gasteiger partial charge in [0.1, 0.15) is 0 Å². The number of benzene rings is 1. The molecule has 0 aliphatic heterocycles. The monoisotopic (exact) mass is 315 g/mol. The summed E-state index contributed by atoms with van der Waals surface area (Å²) in [7, 11) is 0. The zero-order valence-corrected chi connectivity index (χ0v) is 12.6. The molecule has 0 radical (unpaired) electrons. The third kappa shape index (κ3) is 2.89. The van der Waals surface area contributed by atoms with Crippen molar-refractivity contribution in [2.24, 2.45) is 0 Å². The number of pyridine rings is 1. The van der Waals surface area contributed by atoms with Gasteiger partial charge in [-0.05, 0) is 37.3 Å². The van der Waals surface area contributed by atoms with Gasteiger partial charge in [-0.2, -0.15) is 0 Å². The first-order valence-electron chi connectivity index (χ1n) is 7.08. The van der Waals surface area contributed by atoms with E-state index in [1.807, 2.05) is 6.07 Å². The molecule has 1 aliphatic rings. The molecule has 0 atom stereocenters. The van der Waals surface area contributed by atoms with Gasteiger partial charge in [-0.3, -0.25) is 4.98 Å². The second-order valence-electron chi connectivity index (χ2n) is 5.19. The van der Waals surface area contributed by atoms with Crippen molar-refractivity contribution in [1.29, 1.82) is 0 Å². The van der Waals surface area contributed by atoms with Crippen LogP contribution in [0, 0.1) is 0 Å². The largest absolute Gasteiger partial charge is 0.252 e. The van der Waals surface area contributed by atoms with Gasteiger partial charge >= 0.3 is 0 Å². The van der Waals surface area contributed by atoms with Crippen molar-refractivity contribution in [3.63, 3.8) is 0 Å². The lowest BCUT2D eigenvalue weighted by molar-refractivity contribution is 0.608. The van der Waals surface area contributed by atoms with Crippen LogP contribution >= 0.6 is 15.9 Å². The predicted molar refractivity (Wildman–Crippen MR) is 83.2 cm³/mol. The molecule has 1 aromatic heterocycles. The van der Waals surface area contributed by atoms with Gasteiger partial charge in [0.15, 0.2) is 0 Å². The van der Waals surface area contributed by atoms with Crippen LogP contribution < -0.4 is 0 Å². The first-order chi connectivity index (χ1) is 9.34. The average molecular weight is 316 g/mol. The zero-order chi connectivity index (χ0) is 13.1. The lowest BCUT2D eigenvalue weighted by Gasteiger charge is -2.16. The number of aryl methyl sites for hydroxylation is 1. The molecule has 1 aromatic carbocycles. The van der Waals surface area contributed by atoms with Gasteiger partial charge in [-0.25, -0.2) is 0 Å². The predicted octanol–water partition coefficient (Wildman–Crippen LogP) is 5.17. The molecule has 2 aromatic rings. The van der Waals surface area contributed by atoms with E-state index in [0.29, 0.717) is 0 Å². The minimum atomic E-state index is 1.09. The molecule has 2 heteroatoms. The van der Waals surface area contributed by atoms with Gasteiger partial charge in [0.05, 0.1) is 5.69 Å². The van der Waals surface area contributed by atoms with E-state index in [0.717, 1.165) is 18.5 Å². The highest BCUT2D eigenvalue weighted by molar-refractivity contribution is 9.10. The van der Waals surface area contributed by atoms with Gasteiger partial charge in [-0.15, -0.1) is 0 Å². The Morgan fingerprint density at radius 2 is 1.63 bits per heavy atom. The highest BCUT2D eigenvalue weighted by Crippen LogP contribution is 2.30. The van der Waals surface area contributed by atoms with Crippen molar-refractivity contribution in [3.8, 4) is 11.3 Å². The Hall–Kier alpha value is -1.15. The van der Waals surface area contributed by atoms with Crippen LogP contribution in [0.25, 0.3) is 11.3 Å². The number of halogens is 1. The van der Waals surface area contributed by atoms with E-state index in [-0.39, 0.29) is 0 Å². The number of fused-ring (bicyclic) bond motifs is 1. The Bertz CT molecular complexity index is 563. The number of hydrogen-bond acceptors (Lipinski definition) is 1. The maximum atomic E-state index is 4.92. The number of nitrogens with zero attached hydrogens (tertiary/aromatic N) is 1. The maximum Gasteiger partial charge on any atom is 0.0716 e. The van der Waals surface area contributed by atoms with Crippen LogP contribution in [0.1, 0.15) is 36.9 Å². The van der Waals surface area contributed by atoms with E-state index in [1.54, 1.807) is 0 Å². The van der Waals surface area contributed by atoms with Gasteiger partial charge in [0.25, 0.3) is 0 Å². The van der Waals surface area contributed by atoms with E-state index in [4.69, 9.17) is 4.98 Å². The minimum Gasteiger partial charge on any atom is -0.252 e. The molecule has 0 bridgehead atoms. The average Bonchev–Trinajstić information content (AvgIpc) is 2.41. The molecule has 0 spiro atoms. The number of aromatic nitrogens is 1. The van der Waals surface area contributed by atoms with Crippen molar-refractivity contribution in [2.45, 2.75) is 38.5 Å². The number of hydrogen-bond donors (Lipinski definition) is 0. The molecule has 0 saturated heterocycles. The Morgan fingerprint density at radius 1 is 0.895 bits per heavy atom. The Labute approximate surface area is 123 Å². The van der Waals surface area contributed by atoms with Gasteiger partial charge in [0, 0.05) is 15.7 Å². The summed E-state index contributed by atoms with van der Waals surface area (Å²) in [6.07, 6.45) is 7.54. The lowest BCUT2D eigenvalue weighted by atomic mass is 9.96. The van der Waals surface area contributed by atoms with Crippen LogP contribution in [0.2, 0.25) is 0 Å². The SMILES string of the molecule is Brc1cc(-c2ccccc2)nc2c1CCCCCC2. The fourth-order valence-corrected chi connectivity index (χ4v) is 3.41. The molecular weight excluding hydrogens is 298 g/mol. The topological polar surface area (TPSA) is 12.9 Å². The fraction of sp³-hybridized carbons (Fsp3) is 0.353. The normalized spacial score (nSPS) is 15.4. The van der Waals surface area contributed by atoms with Crippen LogP contribution in [-0.2, 0) is 12.8 Å². The van der Waals surface area contributed by atoms with Crippen molar-refractivity contribution < 1.29 is 0 Å². The first-order valence-corrected chi connectivity index (χ1v) is 7.87. The highest BCUT2D eigenvalue weighted by Gasteiger charge is 2.13. The molecular formula is C17H18BrN. The Kier molecular flexibility index (Phi) is 3.97. The van der Waals surface area contributed by atoms with Crippen LogP contribution in [0.4, 0.5) is 0 Å². The van der Waals surface area contributed by atoms with Crippen molar-refractivity contribution in [3.05, 3.63) is 52.1 Å². The zero-order valence-electron chi connectivity index (χ0n) is 11.0. The quantitative estimate of drug-likeness (QED) is 0.707. The summed E-state index contributed by atoms with van der Waals surface area (Å²) in [6.45, 7) is 0. The lowest BCUT2D eigenvalue weighted by Crippen LogP contribution is -2.04. The molecule has 19 heavy (non-hydrogen) atoms. The second kappa shape index (κ2) is 5.87. The molecule has 0 amide bonds. The summed E-state index contributed by atoms with van der Waals surface area (Å²) in [4.78, 5) is 4.92. The summed E-state index contributed by atoms with van der Waals surface area (Å²) in [5.41, 5.74) is 5.02. The molecule has 98 valence electrons. The maximum absolute atomic E-state index is 4.92. The minimum absolute atomic E-state index is 1.09. The second-order valence-corrected chi connectivity index (χ2v) is 6.05. The van der Waals surface area contributed by atoms with Crippen LogP contribution in [0.15, 0.2) is 40.9 Å². The molecule has 0 unspecified atom stereocenters. The van der Waals surface area contributed by atoms with Crippen molar-refractivity contribution in [2.75, 3.05) is 0 Å². The van der Waals surface area contributed by atoms with E-state index in [9.17, 15) is 0 Å². The molecule has 0 saturated carbocycles. The third-order valence-electron chi connectivity index (χ3n) is 3.82. The summed E-state index contributed by atoms with van der Waals surface area (Å²) >= 11 is 3.75. The summed E-state index contributed by atoms with van der Waals surface area (Å²) in [6, 6.07) is 12.6. The fourth-order valence-electron chi connectivity index (χ4n) is 2.77. The molecule has 1 nitrogen and oxygen atoms in total. The molecule has 1 aliphatic carbocycles. The smallest absolute Gasteiger partial charge is 0.0716 e.